The lowest BCUT2D eigenvalue weighted by atomic mass is 10.00. The molecule has 1 aliphatic carbocycles. The molecule has 4 nitrogen and oxygen atoms in total. The number of carbonyl (C=O) groups excluding carboxylic acids is 1. The Kier molecular flexibility index (Phi) is 7.32. The maximum atomic E-state index is 13.5. The first kappa shape index (κ1) is 23.3. The molecule has 4 heteroatoms. The SMILES string of the molecule is CCCCCCOC(=O)c1ccc2oc(C3CC3c3ccc(C)cc3)c(CCC)c(=O)c2c1. The monoisotopic (exact) mass is 446 g/mol. The van der Waals surface area contributed by atoms with Gasteiger partial charge in [0.05, 0.1) is 17.6 Å². The van der Waals surface area contributed by atoms with E-state index in [1.165, 1.54) is 11.1 Å². The number of hydrogen-bond acceptors (Lipinski definition) is 4. The second-order valence-corrected chi connectivity index (χ2v) is 9.29. The van der Waals surface area contributed by atoms with Gasteiger partial charge in [-0.05, 0) is 55.9 Å². The van der Waals surface area contributed by atoms with Gasteiger partial charge in [-0.25, -0.2) is 4.79 Å². The van der Waals surface area contributed by atoms with Gasteiger partial charge >= 0.3 is 5.97 Å². The Bertz CT molecular complexity index is 1170. The van der Waals surface area contributed by atoms with Crippen LogP contribution in [0, 0.1) is 6.92 Å². The van der Waals surface area contributed by atoms with E-state index in [1.54, 1.807) is 18.2 Å². The molecule has 0 bridgehead atoms. The molecule has 2 unspecified atom stereocenters. The molecule has 2 aromatic carbocycles. The van der Waals surface area contributed by atoms with Crippen LogP contribution in [0.4, 0.5) is 0 Å². The molecule has 0 radical (unpaired) electrons. The van der Waals surface area contributed by atoms with Gasteiger partial charge in [0, 0.05) is 11.5 Å². The Labute approximate surface area is 196 Å². The van der Waals surface area contributed by atoms with Gasteiger partial charge in [-0.3, -0.25) is 4.79 Å². The van der Waals surface area contributed by atoms with E-state index in [1.807, 2.05) is 0 Å². The summed E-state index contributed by atoms with van der Waals surface area (Å²) in [7, 11) is 0. The zero-order valence-electron chi connectivity index (χ0n) is 20.0. The van der Waals surface area contributed by atoms with Crippen LogP contribution < -0.4 is 5.43 Å². The average molecular weight is 447 g/mol. The van der Waals surface area contributed by atoms with Crippen molar-refractivity contribution in [1.29, 1.82) is 0 Å². The van der Waals surface area contributed by atoms with Crippen LogP contribution in [0.3, 0.4) is 0 Å². The average Bonchev–Trinajstić information content (AvgIpc) is 3.61. The summed E-state index contributed by atoms with van der Waals surface area (Å²) >= 11 is 0. The fourth-order valence-corrected chi connectivity index (χ4v) is 4.61. The van der Waals surface area contributed by atoms with Gasteiger partial charge in [-0.2, -0.15) is 0 Å². The van der Waals surface area contributed by atoms with E-state index in [-0.39, 0.29) is 17.3 Å². The molecular formula is C29H34O4. The maximum Gasteiger partial charge on any atom is 0.338 e. The zero-order valence-corrected chi connectivity index (χ0v) is 20.0. The van der Waals surface area contributed by atoms with E-state index in [2.05, 4.69) is 45.0 Å². The van der Waals surface area contributed by atoms with Crippen LogP contribution in [0.2, 0.25) is 0 Å². The standard InChI is InChI=1S/C29H34O4/c1-4-6-7-8-16-32-29(31)21-14-15-26-25(17-21)27(30)22(9-5-2)28(33-26)24-18-23(24)20-12-10-19(3)11-13-20/h10-15,17,23-24H,4-9,16,18H2,1-3H3. The molecule has 0 spiro atoms. The van der Waals surface area contributed by atoms with Crippen molar-refractivity contribution in [3.63, 3.8) is 0 Å². The van der Waals surface area contributed by atoms with Crippen molar-refractivity contribution in [3.8, 4) is 0 Å². The molecule has 1 aliphatic rings. The third kappa shape index (κ3) is 5.21. The number of hydrogen-bond donors (Lipinski definition) is 0. The largest absolute Gasteiger partial charge is 0.462 e. The zero-order chi connectivity index (χ0) is 23.4. The highest BCUT2D eigenvalue weighted by Gasteiger charge is 2.43. The van der Waals surface area contributed by atoms with Crippen molar-refractivity contribution in [2.45, 2.75) is 77.6 Å². The summed E-state index contributed by atoms with van der Waals surface area (Å²) in [6.07, 6.45) is 6.74. The van der Waals surface area contributed by atoms with Gasteiger partial charge in [0.15, 0.2) is 5.43 Å². The molecule has 1 heterocycles. The molecule has 0 aliphatic heterocycles. The lowest BCUT2D eigenvalue weighted by Gasteiger charge is -2.11. The number of fused-ring (bicyclic) bond motifs is 1. The number of rotatable bonds is 10. The van der Waals surface area contributed by atoms with Crippen LogP contribution in [-0.2, 0) is 11.2 Å². The summed E-state index contributed by atoms with van der Waals surface area (Å²) < 4.78 is 11.7. The van der Waals surface area contributed by atoms with Gasteiger partial charge in [0.1, 0.15) is 11.3 Å². The summed E-state index contributed by atoms with van der Waals surface area (Å²) in [4.78, 5) is 26.0. The van der Waals surface area contributed by atoms with Crippen molar-refractivity contribution in [1.82, 2.24) is 0 Å². The van der Waals surface area contributed by atoms with Gasteiger partial charge in [-0.1, -0.05) is 69.4 Å². The molecule has 2 atom stereocenters. The molecule has 0 amide bonds. The molecule has 1 saturated carbocycles. The molecule has 0 saturated heterocycles. The third-order valence-electron chi connectivity index (χ3n) is 6.62. The van der Waals surface area contributed by atoms with E-state index in [4.69, 9.17) is 9.15 Å². The number of unbranched alkanes of at least 4 members (excludes halogenated alkanes) is 3. The summed E-state index contributed by atoms with van der Waals surface area (Å²) in [5.41, 5.74) is 4.24. The lowest BCUT2D eigenvalue weighted by molar-refractivity contribution is 0.0498. The van der Waals surface area contributed by atoms with Crippen molar-refractivity contribution >= 4 is 16.9 Å². The fourth-order valence-electron chi connectivity index (χ4n) is 4.61. The van der Waals surface area contributed by atoms with Crippen molar-refractivity contribution < 1.29 is 13.9 Å². The molecule has 1 aromatic heterocycles. The first-order valence-corrected chi connectivity index (χ1v) is 12.4. The van der Waals surface area contributed by atoms with Crippen LogP contribution in [0.25, 0.3) is 11.0 Å². The molecule has 33 heavy (non-hydrogen) atoms. The highest BCUT2D eigenvalue weighted by atomic mass is 16.5. The quantitative estimate of drug-likeness (QED) is 0.247. The Morgan fingerprint density at radius 2 is 1.79 bits per heavy atom. The first-order chi connectivity index (χ1) is 16.0. The minimum absolute atomic E-state index is 0.0137. The second-order valence-electron chi connectivity index (χ2n) is 9.29. The highest BCUT2D eigenvalue weighted by Crippen LogP contribution is 2.55. The maximum absolute atomic E-state index is 13.5. The number of carbonyl (C=O) groups is 1. The Morgan fingerprint density at radius 3 is 2.52 bits per heavy atom. The predicted octanol–water partition coefficient (Wildman–Crippen LogP) is 7.06. The highest BCUT2D eigenvalue weighted by molar-refractivity contribution is 5.94. The number of esters is 1. The Hall–Kier alpha value is -2.88. The summed E-state index contributed by atoms with van der Waals surface area (Å²) in [6.45, 7) is 6.72. The Balaban J connectivity index is 1.59. The molecule has 0 N–H and O–H groups in total. The molecule has 4 rings (SSSR count). The number of ether oxygens (including phenoxy) is 1. The molecule has 174 valence electrons. The molecular weight excluding hydrogens is 412 g/mol. The minimum Gasteiger partial charge on any atom is -0.462 e. The van der Waals surface area contributed by atoms with Gasteiger partial charge in [0.25, 0.3) is 0 Å². The van der Waals surface area contributed by atoms with E-state index in [0.717, 1.165) is 49.8 Å². The van der Waals surface area contributed by atoms with E-state index in [0.29, 0.717) is 35.5 Å². The van der Waals surface area contributed by atoms with Crippen LogP contribution in [0.1, 0.15) is 97.0 Å². The predicted molar refractivity (Wildman–Crippen MR) is 132 cm³/mol. The van der Waals surface area contributed by atoms with Crippen LogP contribution in [0.15, 0.2) is 51.7 Å². The summed E-state index contributed by atoms with van der Waals surface area (Å²) in [5, 5.41) is 0.468. The first-order valence-electron chi connectivity index (χ1n) is 12.4. The van der Waals surface area contributed by atoms with Crippen LogP contribution >= 0.6 is 0 Å². The van der Waals surface area contributed by atoms with Gasteiger partial charge in [-0.15, -0.1) is 0 Å². The smallest absolute Gasteiger partial charge is 0.338 e. The fraction of sp³-hybridized carbons (Fsp3) is 0.448. The van der Waals surface area contributed by atoms with Crippen LogP contribution in [0.5, 0.6) is 0 Å². The molecule has 1 fully saturated rings. The van der Waals surface area contributed by atoms with Crippen LogP contribution in [-0.4, -0.2) is 12.6 Å². The second kappa shape index (κ2) is 10.4. The van der Waals surface area contributed by atoms with Crippen molar-refractivity contribution in [2.75, 3.05) is 6.61 Å². The van der Waals surface area contributed by atoms with Crippen molar-refractivity contribution in [3.05, 3.63) is 80.7 Å². The van der Waals surface area contributed by atoms with Gasteiger partial charge in [0.2, 0.25) is 0 Å². The summed E-state index contributed by atoms with van der Waals surface area (Å²) in [6, 6.07) is 13.7. The van der Waals surface area contributed by atoms with E-state index < -0.39 is 0 Å². The molecule has 3 aromatic rings. The topological polar surface area (TPSA) is 56.5 Å². The summed E-state index contributed by atoms with van der Waals surface area (Å²) in [5.74, 6) is 1.07. The normalized spacial score (nSPS) is 17.3. The minimum atomic E-state index is -0.379. The number of benzene rings is 2. The third-order valence-corrected chi connectivity index (χ3v) is 6.62. The van der Waals surface area contributed by atoms with Crippen molar-refractivity contribution in [2.24, 2.45) is 0 Å². The van der Waals surface area contributed by atoms with E-state index >= 15 is 0 Å². The Morgan fingerprint density at radius 1 is 1.00 bits per heavy atom. The van der Waals surface area contributed by atoms with Gasteiger partial charge < -0.3 is 9.15 Å². The number of aryl methyl sites for hydroxylation is 1. The lowest BCUT2D eigenvalue weighted by Crippen LogP contribution is -2.14. The van der Waals surface area contributed by atoms with E-state index in [9.17, 15) is 9.59 Å².